The van der Waals surface area contributed by atoms with Crippen LogP contribution in [0, 0.1) is 11.7 Å². The number of thiocarbonyl (C=S) groups is 1. The van der Waals surface area contributed by atoms with Crippen LogP contribution in [-0.2, 0) is 16.1 Å². The van der Waals surface area contributed by atoms with Crippen LogP contribution in [-0.4, -0.2) is 45.4 Å². The number of carbonyl (C=O) groups excluding carboxylic acids is 1. The highest BCUT2D eigenvalue weighted by molar-refractivity contribution is 7.80. The van der Waals surface area contributed by atoms with Gasteiger partial charge in [0.1, 0.15) is 11.9 Å². The first-order valence-electron chi connectivity index (χ1n) is 9.32. The van der Waals surface area contributed by atoms with Gasteiger partial charge in [0, 0.05) is 12.2 Å². The number of aliphatic hydroxyl groups excluding tert-OH is 1. The van der Waals surface area contributed by atoms with Crippen LogP contribution < -0.4 is 4.90 Å². The number of halogens is 1. The fourth-order valence-electron chi connectivity index (χ4n) is 4.72. The molecule has 0 unspecified atom stereocenters. The summed E-state index contributed by atoms with van der Waals surface area (Å²) in [4.78, 5) is 16.5. The number of rotatable bonds is 3. The van der Waals surface area contributed by atoms with E-state index in [1.54, 1.807) is 12.1 Å². The molecule has 0 radical (unpaired) electrons. The van der Waals surface area contributed by atoms with Crippen LogP contribution in [0.1, 0.15) is 12.0 Å². The van der Waals surface area contributed by atoms with Crippen molar-refractivity contribution < 1.29 is 19.0 Å². The number of esters is 1. The minimum atomic E-state index is -0.710. The number of fused-ring (bicyclic) bond motifs is 2. The van der Waals surface area contributed by atoms with Gasteiger partial charge in [-0.05, 0) is 48.5 Å². The van der Waals surface area contributed by atoms with Crippen LogP contribution in [0.2, 0.25) is 0 Å². The van der Waals surface area contributed by atoms with E-state index < -0.39 is 18.1 Å². The van der Waals surface area contributed by atoms with Gasteiger partial charge < -0.3 is 19.6 Å². The molecule has 3 saturated heterocycles. The second-order valence-electron chi connectivity index (χ2n) is 7.53. The van der Waals surface area contributed by atoms with E-state index >= 15 is 0 Å². The Bertz CT molecular complexity index is 923. The smallest absolute Gasteiger partial charge is 0.311 e. The van der Waals surface area contributed by atoms with E-state index in [2.05, 4.69) is 0 Å². The van der Waals surface area contributed by atoms with Crippen LogP contribution in [0.3, 0.4) is 0 Å². The molecule has 3 heterocycles. The van der Waals surface area contributed by atoms with Gasteiger partial charge in [-0.1, -0.05) is 30.3 Å². The summed E-state index contributed by atoms with van der Waals surface area (Å²) in [6.07, 6.45) is -0.964. The maximum Gasteiger partial charge on any atom is 0.311 e. The van der Waals surface area contributed by atoms with Crippen LogP contribution in [0.15, 0.2) is 54.6 Å². The summed E-state index contributed by atoms with van der Waals surface area (Å²) < 4.78 is 18.9. The first-order chi connectivity index (χ1) is 13.5. The number of para-hydroxylation sites is 1. The fraction of sp³-hybridized carbons (Fsp3) is 0.333. The largest absolute Gasteiger partial charge is 0.457 e. The number of ether oxygens (including phenoxy) is 1. The Morgan fingerprint density at radius 2 is 1.82 bits per heavy atom. The number of hydrogen-bond acceptors (Lipinski definition) is 4. The molecule has 0 amide bonds. The minimum Gasteiger partial charge on any atom is -0.457 e. The molecule has 0 spiro atoms. The molecule has 4 fully saturated rings. The predicted octanol–water partition coefficient (Wildman–Crippen LogP) is 2.48. The number of anilines is 1. The molecule has 28 heavy (non-hydrogen) atoms. The van der Waals surface area contributed by atoms with Crippen molar-refractivity contribution in [1.29, 1.82) is 0 Å². The molecule has 144 valence electrons. The van der Waals surface area contributed by atoms with Crippen molar-refractivity contribution in [3.8, 4) is 0 Å². The van der Waals surface area contributed by atoms with E-state index in [9.17, 15) is 14.3 Å². The molecular formula is C21H19FN2O3S. The van der Waals surface area contributed by atoms with Crippen LogP contribution in [0.5, 0.6) is 0 Å². The molecule has 2 aromatic rings. The van der Waals surface area contributed by atoms with E-state index in [1.807, 2.05) is 40.1 Å². The van der Waals surface area contributed by atoms with Gasteiger partial charge in [0.2, 0.25) is 0 Å². The molecule has 1 saturated carbocycles. The minimum absolute atomic E-state index is 0.190. The Kier molecular flexibility index (Phi) is 4.10. The van der Waals surface area contributed by atoms with Gasteiger partial charge in [0.05, 0.1) is 24.1 Å². The highest BCUT2D eigenvalue weighted by Gasteiger charge is 2.62. The lowest BCUT2D eigenvalue weighted by atomic mass is 9.74. The molecule has 7 heteroatoms. The first-order valence-corrected chi connectivity index (χ1v) is 9.73. The van der Waals surface area contributed by atoms with Gasteiger partial charge in [0.15, 0.2) is 5.11 Å². The molecule has 2 aromatic carbocycles. The SMILES string of the molecule is O=C1O[C@@H]2[C@H]3[C@H]([C@@H]1C[C@H]2O)N(c1ccccc1)C(=S)N3Cc1ccc(F)cc1. The summed E-state index contributed by atoms with van der Waals surface area (Å²) >= 11 is 5.82. The van der Waals surface area contributed by atoms with Gasteiger partial charge in [0.25, 0.3) is 0 Å². The zero-order valence-corrected chi connectivity index (χ0v) is 15.8. The van der Waals surface area contributed by atoms with Gasteiger partial charge in [-0.25, -0.2) is 4.39 Å². The number of benzene rings is 2. The van der Waals surface area contributed by atoms with Gasteiger partial charge in [-0.2, -0.15) is 0 Å². The van der Waals surface area contributed by atoms with Crippen molar-refractivity contribution in [2.75, 3.05) is 4.90 Å². The number of carbonyl (C=O) groups is 1. The zero-order chi connectivity index (χ0) is 19.4. The van der Waals surface area contributed by atoms with Gasteiger partial charge >= 0.3 is 5.97 Å². The second kappa shape index (κ2) is 6.53. The highest BCUT2D eigenvalue weighted by atomic mass is 32.1. The lowest BCUT2D eigenvalue weighted by Crippen LogP contribution is -2.66. The topological polar surface area (TPSA) is 53.0 Å². The number of hydrogen-bond donors (Lipinski definition) is 1. The van der Waals surface area contributed by atoms with E-state index in [0.717, 1.165) is 11.3 Å². The Hall–Kier alpha value is -2.51. The monoisotopic (exact) mass is 398 g/mol. The third kappa shape index (κ3) is 2.61. The van der Waals surface area contributed by atoms with E-state index in [-0.39, 0.29) is 23.9 Å². The summed E-state index contributed by atoms with van der Waals surface area (Å²) in [5, 5.41) is 11.1. The maximum atomic E-state index is 13.3. The Morgan fingerprint density at radius 1 is 1.11 bits per heavy atom. The molecule has 5 nitrogen and oxygen atoms in total. The summed E-state index contributed by atoms with van der Waals surface area (Å²) in [6, 6.07) is 15.6. The van der Waals surface area contributed by atoms with E-state index in [0.29, 0.717) is 18.1 Å². The predicted molar refractivity (Wildman–Crippen MR) is 105 cm³/mol. The quantitative estimate of drug-likeness (QED) is 0.633. The molecule has 4 aliphatic rings. The Morgan fingerprint density at radius 3 is 2.54 bits per heavy atom. The molecule has 3 aliphatic heterocycles. The molecule has 6 rings (SSSR count). The third-order valence-electron chi connectivity index (χ3n) is 5.94. The average Bonchev–Trinajstić information content (AvgIpc) is 2.99. The highest BCUT2D eigenvalue weighted by Crippen LogP contribution is 2.46. The summed E-state index contributed by atoms with van der Waals surface area (Å²) in [7, 11) is 0. The number of aliphatic hydroxyl groups is 1. The second-order valence-corrected chi connectivity index (χ2v) is 7.90. The normalized spacial score (nSPS) is 31.1. The molecule has 0 aromatic heterocycles. The van der Waals surface area contributed by atoms with Crippen LogP contribution in [0.25, 0.3) is 0 Å². The fourth-order valence-corrected chi connectivity index (χ4v) is 5.13. The first kappa shape index (κ1) is 17.6. The average molecular weight is 398 g/mol. The molecule has 5 atom stereocenters. The van der Waals surface area contributed by atoms with Gasteiger partial charge in [-0.15, -0.1) is 0 Å². The molecule has 1 N–H and O–H groups in total. The van der Waals surface area contributed by atoms with Crippen molar-refractivity contribution in [2.24, 2.45) is 5.92 Å². The van der Waals surface area contributed by atoms with Crippen molar-refractivity contribution in [3.05, 3.63) is 66.0 Å². The maximum absolute atomic E-state index is 13.3. The standard InChI is InChI=1S/C21H19FN2O3S/c22-13-8-6-12(7-9-13)11-23-18-17(15-10-16(25)19(18)27-20(15)26)24(21(23)28)14-4-2-1-3-5-14/h1-9,15-19,25H,10-11H2/t15-,16+,17-,18+,19-/m0/s1. The lowest BCUT2D eigenvalue weighted by molar-refractivity contribution is -0.194. The lowest BCUT2D eigenvalue weighted by Gasteiger charge is -2.49. The summed E-state index contributed by atoms with van der Waals surface area (Å²) in [6.45, 7) is 0.455. The van der Waals surface area contributed by atoms with E-state index in [4.69, 9.17) is 17.0 Å². The Balaban J connectivity index is 1.56. The Labute approximate surface area is 167 Å². The van der Waals surface area contributed by atoms with Crippen molar-refractivity contribution in [3.63, 3.8) is 0 Å². The van der Waals surface area contributed by atoms with Crippen LogP contribution >= 0.6 is 12.2 Å². The third-order valence-corrected chi connectivity index (χ3v) is 6.37. The van der Waals surface area contributed by atoms with E-state index in [1.165, 1.54) is 12.1 Å². The van der Waals surface area contributed by atoms with Crippen molar-refractivity contribution >= 4 is 29.0 Å². The molecule has 1 aliphatic carbocycles. The molecular weight excluding hydrogens is 379 g/mol. The summed E-state index contributed by atoms with van der Waals surface area (Å²) in [5.74, 6) is -1.01. The van der Waals surface area contributed by atoms with Crippen molar-refractivity contribution in [2.45, 2.75) is 37.3 Å². The van der Waals surface area contributed by atoms with Crippen LogP contribution in [0.4, 0.5) is 10.1 Å². The number of nitrogens with zero attached hydrogens (tertiary/aromatic N) is 2. The summed E-state index contributed by atoms with van der Waals surface area (Å²) in [5.41, 5.74) is 1.82. The zero-order valence-electron chi connectivity index (χ0n) is 14.9. The van der Waals surface area contributed by atoms with Crippen molar-refractivity contribution in [1.82, 2.24) is 4.90 Å². The van der Waals surface area contributed by atoms with Gasteiger partial charge in [-0.3, -0.25) is 4.79 Å². The molecule has 2 bridgehead atoms.